The highest BCUT2D eigenvalue weighted by Crippen LogP contribution is 2.25. The predicted molar refractivity (Wildman–Crippen MR) is 102 cm³/mol. The molecule has 1 aliphatic rings. The number of esters is 1. The lowest BCUT2D eigenvalue weighted by atomic mass is 10.0. The zero-order chi connectivity index (χ0) is 20.4. The van der Waals surface area contributed by atoms with Crippen LogP contribution in [-0.2, 0) is 16.0 Å². The maximum absolute atomic E-state index is 13.0. The lowest BCUT2D eigenvalue weighted by molar-refractivity contribution is -0.145. The maximum Gasteiger partial charge on any atom is 0.328 e. The summed E-state index contributed by atoms with van der Waals surface area (Å²) in [5.41, 5.74) is 2.96. The van der Waals surface area contributed by atoms with Gasteiger partial charge in [-0.2, -0.15) is 0 Å². The Kier molecular flexibility index (Phi) is 5.60. The minimum absolute atomic E-state index is 0.0560. The van der Waals surface area contributed by atoms with Gasteiger partial charge in [-0.3, -0.25) is 14.6 Å². The number of methoxy groups -OCH3 is 1. The fraction of sp³-hybridized carbons (Fsp3) is 0.400. The van der Waals surface area contributed by atoms with E-state index in [-0.39, 0.29) is 18.5 Å². The van der Waals surface area contributed by atoms with Crippen LogP contribution >= 0.6 is 0 Å². The number of amides is 1. The Morgan fingerprint density at radius 1 is 1.36 bits per heavy atom. The van der Waals surface area contributed by atoms with Gasteiger partial charge in [-0.05, 0) is 25.5 Å². The molecule has 0 aromatic carbocycles. The Morgan fingerprint density at radius 2 is 2.11 bits per heavy atom. The lowest BCUT2D eigenvalue weighted by Crippen LogP contribution is -2.41. The highest BCUT2D eigenvalue weighted by atomic mass is 16.5. The van der Waals surface area contributed by atoms with Crippen molar-refractivity contribution in [2.75, 3.05) is 13.7 Å². The smallest absolute Gasteiger partial charge is 0.328 e. The highest BCUT2D eigenvalue weighted by molar-refractivity contribution is 5.98. The molecule has 1 unspecified atom stereocenters. The Morgan fingerprint density at radius 3 is 2.79 bits per heavy atom. The number of nitrogens with one attached hydrogen (secondary N) is 1. The quantitative estimate of drug-likeness (QED) is 0.761. The molecule has 2 aromatic rings. The molecular weight excluding hydrogens is 362 g/mol. The third-order valence-corrected chi connectivity index (χ3v) is 5.01. The molecule has 0 radical (unpaired) electrons. The molecule has 8 nitrogen and oxygen atoms in total. The fourth-order valence-electron chi connectivity index (χ4n) is 3.50. The number of rotatable bonds is 4. The van der Waals surface area contributed by atoms with Crippen LogP contribution < -0.4 is 5.56 Å². The SMILES string of the molecule is CCc1cc(-c2cncc(C(=O)N3C[C@H](O)CC3C(=O)OC)c2)c(C)[nH]c1=O. The molecule has 2 atom stereocenters. The van der Waals surface area contributed by atoms with Crippen molar-refractivity contribution >= 4 is 11.9 Å². The van der Waals surface area contributed by atoms with E-state index >= 15 is 0 Å². The third-order valence-electron chi connectivity index (χ3n) is 5.01. The second kappa shape index (κ2) is 7.93. The van der Waals surface area contributed by atoms with Crippen molar-refractivity contribution in [1.82, 2.24) is 14.9 Å². The average Bonchev–Trinajstić information content (AvgIpc) is 3.08. The van der Waals surface area contributed by atoms with Gasteiger partial charge < -0.3 is 19.7 Å². The van der Waals surface area contributed by atoms with E-state index in [2.05, 4.69) is 9.97 Å². The normalized spacial score (nSPS) is 18.9. The molecule has 8 heteroatoms. The number of nitrogens with zero attached hydrogens (tertiary/aromatic N) is 2. The number of likely N-dealkylation sites (tertiary alicyclic amines) is 1. The van der Waals surface area contributed by atoms with E-state index in [1.165, 1.54) is 18.2 Å². The number of H-pyrrole nitrogens is 1. The zero-order valence-electron chi connectivity index (χ0n) is 16.1. The zero-order valence-corrected chi connectivity index (χ0v) is 16.1. The molecule has 3 rings (SSSR count). The summed E-state index contributed by atoms with van der Waals surface area (Å²) in [4.78, 5) is 45.2. The molecule has 1 aliphatic heterocycles. The van der Waals surface area contributed by atoms with Gasteiger partial charge in [-0.1, -0.05) is 6.92 Å². The summed E-state index contributed by atoms with van der Waals surface area (Å²) in [5.74, 6) is -0.961. The molecule has 1 saturated heterocycles. The molecule has 0 saturated carbocycles. The van der Waals surface area contributed by atoms with Crippen molar-refractivity contribution in [2.45, 2.75) is 38.8 Å². The molecule has 0 bridgehead atoms. The van der Waals surface area contributed by atoms with Crippen LogP contribution in [0.15, 0.2) is 29.3 Å². The molecular formula is C20H23N3O5. The standard InChI is InChI=1S/C20H23N3O5/c1-4-12-6-16(11(2)22-18(12)25)13-5-14(9-21-8-13)19(26)23-10-15(24)7-17(23)20(27)28-3/h5-6,8-9,15,17,24H,4,7,10H2,1-3H3,(H,22,25)/t15-,17?/m1/s1. The van der Waals surface area contributed by atoms with Crippen LogP contribution in [0.4, 0.5) is 0 Å². The van der Waals surface area contributed by atoms with Gasteiger partial charge in [0.05, 0.1) is 18.8 Å². The number of carbonyl (C=O) groups is 2. The molecule has 2 aromatic heterocycles. The summed E-state index contributed by atoms with van der Waals surface area (Å²) in [6, 6.07) is 2.66. The van der Waals surface area contributed by atoms with E-state index in [0.29, 0.717) is 28.8 Å². The van der Waals surface area contributed by atoms with Gasteiger partial charge in [0.15, 0.2) is 0 Å². The first kappa shape index (κ1) is 19.8. The summed E-state index contributed by atoms with van der Waals surface area (Å²) < 4.78 is 4.75. The van der Waals surface area contributed by atoms with Crippen molar-refractivity contribution in [3.05, 3.63) is 51.7 Å². The number of hydrogen-bond acceptors (Lipinski definition) is 6. The van der Waals surface area contributed by atoms with Gasteiger partial charge in [0.1, 0.15) is 6.04 Å². The molecule has 1 amide bonds. The molecule has 148 valence electrons. The number of carbonyl (C=O) groups excluding carboxylic acids is 2. The largest absolute Gasteiger partial charge is 0.467 e. The lowest BCUT2D eigenvalue weighted by Gasteiger charge is -2.22. The topological polar surface area (TPSA) is 113 Å². The number of aromatic amines is 1. The van der Waals surface area contributed by atoms with Gasteiger partial charge in [0.25, 0.3) is 11.5 Å². The summed E-state index contributed by atoms with van der Waals surface area (Å²) in [6.45, 7) is 3.74. The van der Waals surface area contributed by atoms with E-state index in [1.807, 2.05) is 6.92 Å². The second-order valence-corrected chi connectivity index (χ2v) is 6.86. The van der Waals surface area contributed by atoms with Crippen LogP contribution in [0.3, 0.4) is 0 Å². The van der Waals surface area contributed by atoms with E-state index in [0.717, 1.165) is 5.56 Å². The summed E-state index contributed by atoms with van der Waals surface area (Å²) in [5, 5.41) is 9.91. The number of aromatic nitrogens is 2. The maximum atomic E-state index is 13.0. The minimum Gasteiger partial charge on any atom is -0.467 e. The first-order valence-electron chi connectivity index (χ1n) is 9.10. The van der Waals surface area contributed by atoms with Crippen molar-refractivity contribution in [2.24, 2.45) is 0 Å². The van der Waals surface area contributed by atoms with Crippen molar-refractivity contribution in [3.8, 4) is 11.1 Å². The van der Waals surface area contributed by atoms with Gasteiger partial charge >= 0.3 is 5.97 Å². The van der Waals surface area contributed by atoms with E-state index in [9.17, 15) is 19.5 Å². The molecule has 1 fully saturated rings. The van der Waals surface area contributed by atoms with Crippen LogP contribution in [0.1, 0.15) is 35.0 Å². The monoisotopic (exact) mass is 385 g/mol. The summed E-state index contributed by atoms with van der Waals surface area (Å²) in [7, 11) is 1.25. The van der Waals surface area contributed by atoms with Crippen molar-refractivity contribution < 1.29 is 19.4 Å². The van der Waals surface area contributed by atoms with E-state index in [1.54, 1.807) is 25.3 Å². The van der Waals surface area contributed by atoms with Crippen LogP contribution in [0, 0.1) is 6.92 Å². The summed E-state index contributed by atoms with van der Waals surface area (Å²) in [6.07, 6.45) is 2.99. The molecule has 2 N–H and O–H groups in total. The Hall–Kier alpha value is -3.00. The third kappa shape index (κ3) is 3.68. The number of aliphatic hydroxyl groups excluding tert-OH is 1. The Balaban J connectivity index is 1.97. The number of ether oxygens (including phenoxy) is 1. The van der Waals surface area contributed by atoms with E-state index < -0.39 is 24.0 Å². The Labute approximate surface area is 162 Å². The number of β-amino-alcohol motifs (C(OH)–C–C–N with tert-alkyl or cyclic N) is 1. The molecule has 3 heterocycles. The number of pyridine rings is 2. The van der Waals surface area contributed by atoms with Gasteiger partial charge in [0, 0.05) is 47.7 Å². The Bertz CT molecular complexity index is 969. The highest BCUT2D eigenvalue weighted by Gasteiger charge is 2.40. The van der Waals surface area contributed by atoms with Crippen LogP contribution in [0.2, 0.25) is 0 Å². The van der Waals surface area contributed by atoms with Crippen LogP contribution in [0.5, 0.6) is 0 Å². The van der Waals surface area contributed by atoms with E-state index in [4.69, 9.17) is 4.74 Å². The fourth-order valence-corrected chi connectivity index (χ4v) is 3.50. The first-order chi connectivity index (χ1) is 13.3. The first-order valence-corrected chi connectivity index (χ1v) is 9.10. The number of aliphatic hydroxyl groups is 1. The number of aryl methyl sites for hydroxylation is 2. The van der Waals surface area contributed by atoms with Crippen molar-refractivity contribution in [1.29, 1.82) is 0 Å². The van der Waals surface area contributed by atoms with Gasteiger partial charge in [-0.15, -0.1) is 0 Å². The van der Waals surface area contributed by atoms with Gasteiger partial charge in [0.2, 0.25) is 0 Å². The second-order valence-electron chi connectivity index (χ2n) is 6.86. The van der Waals surface area contributed by atoms with Gasteiger partial charge in [-0.25, -0.2) is 4.79 Å². The number of hydrogen-bond donors (Lipinski definition) is 2. The van der Waals surface area contributed by atoms with Crippen LogP contribution in [-0.4, -0.2) is 57.7 Å². The molecule has 0 spiro atoms. The average molecular weight is 385 g/mol. The van der Waals surface area contributed by atoms with Crippen LogP contribution in [0.25, 0.3) is 11.1 Å². The predicted octanol–water partition coefficient (Wildman–Crippen LogP) is 1.06. The minimum atomic E-state index is -0.822. The summed E-state index contributed by atoms with van der Waals surface area (Å²) >= 11 is 0. The molecule has 28 heavy (non-hydrogen) atoms. The van der Waals surface area contributed by atoms with Crippen molar-refractivity contribution in [3.63, 3.8) is 0 Å². The molecule has 0 aliphatic carbocycles.